The molecular formula is C10H11N3OS. The van der Waals surface area contributed by atoms with Crippen LogP contribution in [-0.2, 0) is 0 Å². The van der Waals surface area contributed by atoms with Gasteiger partial charge in [-0.1, -0.05) is 0 Å². The molecule has 2 heterocycles. The molecule has 2 N–H and O–H groups in total. The number of aryl methyl sites for hydroxylation is 2. The number of hydrogen-bond acceptors (Lipinski definition) is 3. The zero-order valence-corrected chi connectivity index (χ0v) is 9.31. The summed E-state index contributed by atoms with van der Waals surface area (Å²) < 4.78 is 0. The number of aromatic amines is 1. The Morgan fingerprint density at radius 3 is 2.87 bits per heavy atom. The highest BCUT2D eigenvalue weighted by Crippen LogP contribution is 2.15. The fraction of sp³-hybridized carbons (Fsp3) is 0.200. The van der Waals surface area contributed by atoms with Crippen molar-refractivity contribution in [3.05, 3.63) is 33.8 Å². The first-order chi connectivity index (χ1) is 7.18. The van der Waals surface area contributed by atoms with Gasteiger partial charge in [0, 0.05) is 11.1 Å². The second kappa shape index (κ2) is 3.86. The Kier molecular flexibility index (Phi) is 2.55. The van der Waals surface area contributed by atoms with Gasteiger partial charge < -0.3 is 5.32 Å². The molecule has 4 nitrogen and oxygen atoms in total. The third kappa shape index (κ3) is 1.92. The van der Waals surface area contributed by atoms with Gasteiger partial charge in [-0.2, -0.15) is 16.4 Å². The maximum atomic E-state index is 11.8. The molecule has 0 saturated heterocycles. The Morgan fingerprint density at radius 2 is 2.33 bits per heavy atom. The highest BCUT2D eigenvalue weighted by atomic mass is 32.1. The van der Waals surface area contributed by atoms with E-state index in [9.17, 15) is 4.79 Å². The predicted octanol–water partition coefficient (Wildman–Crippen LogP) is 2.34. The molecule has 2 aromatic rings. The van der Waals surface area contributed by atoms with E-state index in [1.54, 1.807) is 11.3 Å². The summed E-state index contributed by atoms with van der Waals surface area (Å²) in [5.74, 6) is -0.114. The van der Waals surface area contributed by atoms with Gasteiger partial charge in [0.1, 0.15) is 0 Å². The van der Waals surface area contributed by atoms with Crippen molar-refractivity contribution < 1.29 is 4.79 Å². The molecule has 2 aromatic heterocycles. The molecule has 0 unspecified atom stereocenters. The first-order valence-electron chi connectivity index (χ1n) is 4.53. The van der Waals surface area contributed by atoms with Gasteiger partial charge in [0.2, 0.25) is 0 Å². The van der Waals surface area contributed by atoms with Crippen molar-refractivity contribution in [2.24, 2.45) is 0 Å². The molecule has 0 aliphatic rings. The van der Waals surface area contributed by atoms with Crippen LogP contribution in [0.4, 0.5) is 5.69 Å². The van der Waals surface area contributed by atoms with E-state index >= 15 is 0 Å². The van der Waals surface area contributed by atoms with Crippen molar-refractivity contribution in [1.29, 1.82) is 0 Å². The van der Waals surface area contributed by atoms with Crippen molar-refractivity contribution in [3.8, 4) is 0 Å². The van der Waals surface area contributed by atoms with Gasteiger partial charge in [-0.05, 0) is 25.3 Å². The van der Waals surface area contributed by atoms with Crippen LogP contribution in [0.3, 0.4) is 0 Å². The van der Waals surface area contributed by atoms with Crippen LogP contribution in [0, 0.1) is 13.8 Å². The van der Waals surface area contributed by atoms with E-state index in [4.69, 9.17) is 0 Å². The molecule has 0 bridgehead atoms. The predicted molar refractivity (Wildman–Crippen MR) is 60.3 cm³/mol. The number of amides is 1. The monoisotopic (exact) mass is 221 g/mol. The summed E-state index contributed by atoms with van der Waals surface area (Å²) in [5, 5.41) is 13.4. The number of hydrogen-bond donors (Lipinski definition) is 2. The average molecular weight is 221 g/mol. The lowest BCUT2D eigenvalue weighted by molar-refractivity contribution is 0.102. The SMILES string of the molecule is Cc1n[nH]c(C)c1C(=O)Nc1ccsc1. The molecular weight excluding hydrogens is 210 g/mol. The van der Waals surface area contributed by atoms with Crippen LogP contribution in [0.1, 0.15) is 21.7 Å². The summed E-state index contributed by atoms with van der Waals surface area (Å²) in [4.78, 5) is 11.8. The Hall–Kier alpha value is -1.62. The lowest BCUT2D eigenvalue weighted by Gasteiger charge is -2.02. The summed E-state index contributed by atoms with van der Waals surface area (Å²) in [6.45, 7) is 3.65. The highest BCUT2D eigenvalue weighted by molar-refractivity contribution is 7.08. The third-order valence-electron chi connectivity index (χ3n) is 2.13. The maximum absolute atomic E-state index is 11.8. The van der Waals surface area contributed by atoms with Gasteiger partial charge in [-0.15, -0.1) is 0 Å². The number of aromatic nitrogens is 2. The minimum atomic E-state index is -0.114. The molecule has 0 spiro atoms. The van der Waals surface area contributed by atoms with Crippen LogP contribution in [0.15, 0.2) is 16.8 Å². The maximum Gasteiger partial charge on any atom is 0.259 e. The first-order valence-corrected chi connectivity index (χ1v) is 5.48. The normalized spacial score (nSPS) is 10.3. The summed E-state index contributed by atoms with van der Waals surface area (Å²) in [5.41, 5.74) is 2.96. The van der Waals surface area contributed by atoms with Gasteiger partial charge in [0.15, 0.2) is 0 Å². The number of nitrogens with one attached hydrogen (secondary N) is 2. The smallest absolute Gasteiger partial charge is 0.259 e. The highest BCUT2D eigenvalue weighted by Gasteiger charge is 2.15. The van der Waals surface area contributed by atoms with Crippen LogP contribution >= 0.6 is 11.3 Å². The van der Waals surface area contributed by atoms with Crippen LogP contribution in [0.25, 0.3) is 0 Å². The summed E-state index contributed by atoms with van der Waals surface area (Å²) in [7, 11) is 0. The molecule has 0 aromatic carbocycles. The number of anilines is 1. The van der Waals surface area contributed by atoms with E-state index in [1.165, 1.54) is 0 Å². The van der Waals surface area contributed by atoms with Gasteiger partial charge in [-0.25, -0.2) is 0 Å². The number of thiophene rings is 1. The van der Waals surface area contributed by atoms with Crippen molar-refractivity contribution in [2.45, 2.75) is 13.8 Å². The van der Waals surface area contributed by atoms with Gasteiger partial charge in [-0.3, -0.25) is 9.89 Å². The summed E-state index contributed by atoms with van der Waals surface area (Å²) in [6, 6.07) is 1.87. The lowest BCUT2D eigenvalue weighted by Crippen LogP contribution is -2.13. The third-order valence-corrected chi connectivity index (χ3v) is 2.82. The fourth-order valence-corrected chi connectivity index (χ4v) is 2.00. The van der Waals surface area contributed by atoms with Crippen LogP contribution in [0.5, 0.6) is 0 Å². The molecule has 0 atom stereocenters. The molecule has 2 rings (SSSR count). The number of H-pyrrole nitrogens is 1. The Bertz CT molecular complexity index is 453. The molecule has 5 heteroatoms. The molecule has 78 valence electrons. The molecule has 0 saturated carbocycles. The zero-order valence-electron chi connectivity index (χ0n) is 8.50. The van der Waals surface area contributed by atoms with E-state index in [0.717, 1.165) is 17.1 Å². The first kappa shape index (κ1) is 9.92. The Labute approximate surface area is 91.3 Å². The standard InChI is InChI=1S/C10H11N3OS/c1-6-9(7(2)13-12-6)10(14)11-8-3-4-15-5-8/h3-5H,1-2H3,(H,11,14)(H,12,13). The van der Waals surface area contributed by atoms with Crippen LogP contribution in [-0.4, -0.2) is 16.1 Å². The minimum Gasteiger partial charge on any atom is -0.321 e. The molecule has 0 aliphatic carbocycles. The fourth-order valence-electron chi connectivity index (χ4n) is 1.41. The number of carbonyl (C=O) groups is 1. The number of rotatable bonds is 2. The summed E-state index contributed by atoms with van der Waals surface area (Å²) >= 11 is 1.55. The zero-order chi connectivity index (χ0) is 10.8. The lowest BCUT2D eigenvalue weighted by atomic mass is 10.2. The van der Waals surface area contributed by atoms with Crippen molar-refractivity contribution >= 4 is 22.9 Å². The molecule has 15 heavy (non-hydrogen) atoms. The van der Waals surface area contributed by atoms with Gasteiger partial charge in [0.25, 0.3) is 5.91 Å². The number of carbonyl (C=O) groups excluding carboxylic acids is 1. The second-order valence-corrected chi connectivity index (χ2v) is 4.06. The molecule has 0 aliphatic heterocycles. The van der Waals surface area contributed by atoms with E-state index in [0.29, 0.717) is 5.56 Å². The molecule has 0 radical (unpaired) electrons. The van der Waals surface area contributed by atoms with Crippen LogP contribution in [0.2, 0.25) is 0 Å². The minimum absolute atomic E-state index is 0.114. The van der Waals surface area contributed by atoms with Gasteiger partial charge >= 0.3 is 0 Å². The van der Waals surface area contributed by atoms with E-state index < -0.39 is 0 Å². The Morgan fingerprint density at radius 1 is 1.53 bits per heavy atom. The van der Waals surface area contributed by atoms with E-state index in [-0.39, 0.29) is 5.91 Å². The van der Waals surface area contributed by atoms with Gasteiger partial charge in [0.05, 0.1) is 16.9 Å². The average Bonchev–Trinajstić information content (AvgIpc) is 2.77. The van der Waals surface area contributed by atoms with Crippen molar-refractivity contribution in [2.75, 3.05) is 5.32 Å². The van der Waals surface area contributed by atoms with Crippen LogP contribution < -0.4 is 5.32 Å². The number of nitrogens with zero attached hydrogens (tertiary/aromatic N) is 1. The quantitative estimate of drug-likeness (QED) is 0.817. The largest absolute Gasteiger partial charge is 0.321 e. The second-order valence-electron chi connectivity index (χ2n) is 3.28. The van der Waals surface area contributed by atoms with Crippen molar-refractivity contribution in [3.63, 3.8) is 0 Å². The summed E-state index contributed by atoms with van der Waals surface area (Å²) in [6.07, 6.45) is 0. The Balaban J connectivity index is 2.22. The van der Waals surface area contributed by atoms with E-state index in [1.807, 2.05) is 30.7 Å². The topological polar surface area (TPSA) is 57.8 Å². The molecule has 0 fully saturated rings. The molecule has 1 amide bonds. The van der Waals surface area contributed by atoms with E-state index in [2.05, 4.69) is 15.5 Å². The van der Waals surface area contributed by atoms with Crippen molar-refractivity contribution in [1.82, 2.24) is 10.2 Å².